The molecule has 19 heavy (non-hydrogen) atoms. The van der Waals surface area contributed by atoms with Crippen LogP contribution in [0.1, 0.15) is 37.7 Å². The summed E-state index contributed by atoms with van der Waals surface area (Å²) in [6, 6.07) is 8.82. The van der Waals surface area contributed by atoms with E-state index in [-0.39, 0.29) is 0 Å². The molecule has 3 rings (SSSR count). The van der Waals surface area contributed by atoms with E-state index in [0.717, 1.165) is 25.3 Å². The van der Waals surface area contributed by atoms with Gasteiger partial charge in [0.2, 0.25) is 0 Å². The molecule has 2 nitrogen and oxygen atoms in total. The molecule has 1 aromatic carbocycles. The zero-order chi connectivity index (χ0) is 13.1. The summed E-state index contributed by atoms with van der Waals surface area (Å²) in [5.41, 5.74) is 8.53. The van der Waals surface area contributed by atoms with Crippen LogP contribution >= 0.6 is 0 Å². The Morgan fingerprint density at radius 1 is 1.16 bits per heavy atom. The number of nitrogens with two attached hydrogens (primary N) is 1. The maximum atomic E-state index is 5.65. The summed E-state index contributed by atoms with van der Waals surface area (Å²) < 4.78 is 2.48. The second kappa shape index (κ2) is 5.79. The number of aromatic nitrogens is 1. The second-order valence-electron chi connectivity index (χ2n) is 5.87. The molecule has 2 N–H and O–H groups in total. The van der Waals surface area contributed by atoms with Crippen molar-refractivity contribution in [2.75, 3.05) is 6.54 Å². The Labute approximate surface area is 115 Å². The van der Waals surface area contributed by atoms with Gasteiger partial charge in [-0.25, -0.2) is 0 Å². The maximum Gasteiger partial charge on any atom is 0.0483 e. The lowest BCUT2D eigenvalue weighted by molar-refractivity contribution is 0.465. The number of fused-ring (bicyclic) bond motifs is 1. The highest BCUT2D eigenvalue weighted by atomic mass is 15.0. The van der Waals surface area contributed by atoms with Gasteiger partial charge in [0.1, 0.15) is 0 Å². The van der Waals surface area contributed by atoms with Crippen LogP contribution in [0, 0.1) is 5.92 Å². The lowest BCUT2D eigenvalue weighted by Gasteiger charge is -2.11. The number of hydrogen-bond acceptors (Lipinski definition) is 1. The third kappa shape index (κ3) is 2.69. The van der Waals surface area contributed by atoms with Crippen LogP contribution in [0.3, 0.4) is 0 Å². The molecule has 0 atom stereocenters. The Morgan fingerprint density at radius 3 is 2.74 bits per heavy atom. The van der Waals surface area contributed by atoms with E-state index in [1.54, 1.807) is 0 Å². The lowest BCUT2D eigenvalue weighted by atomic mass is 10.1. The van der Waals surface area contributed by atoms with Crippen molar-refractivity contribution in [3.05, 3.63) is 36.0 Å². The SMILES string of the molecule is NCCCc1cn(CC2CCCC2)c2ccccc12. The average molecular weight is 256 g/mol. The summed E-state index contributed by atoms with van der Waals surface area (Å²) in [5, 5.41) is 1.42. The minimum atomic E-state index is 0.780. The zero-order valence-electron chi connectivity index (χ0n) is 11.6. The normalized spacial score (nSPS) is 16.5. The first-order valence-corrected chi connectivity index (χ1v) is 7.65. The highest BCUT2D eigenvalue weighted by molar-refractivity contribution is 5.84. The molecule has 0 aliphatic heterocycles. The monoisotopic (exact) mass is 256 g/mol. The molecule has 0 unspecified atom stereocenters. The largest absolute Gasteiger partial charge is 0.347 e. The van der Waals surface area contributed by atoms with Crippen LogP contribution < -0.4 is 5.73 Å². The first kappa shape index (κ1) is 12.7. The fraction of sp³-hybridized carbons (Fsp3) is 0.529. The number of rotatable bonds is 5. The summed E-state index contributed by atoms with van der Waals surface area (Å²) in [4.78, 5) is 0. The van der Waals surface area contributed by atoms with Crippen LogP contribution in [0.2, 0.25) is 0 Å². The molecule has 0 saturated heterocycles. The molecule has 1 heterocycles. The standard InChI is InChI=1S/C17H24N2/c18-11-5-8-15-13-19(12-14-6-1-2-7-14)17-10-4-3-9-16(15)17/h3-4,9-10,13-14H,1-2,5-8,11-12,18H2. The molecule has 0 radical (unpaired) electrons. The predicted octanol–water partition coefficient (Wildman–Crippen LogP) is 3.72. The van der Waals surface area contributed by atoms with Gasteiger partial charge in [0.15, 0.2) is 0 Å². The Hall–Kier alpha value is -1.28. The van der Waals surface area contributed by atoms with Crippen molar-refractivity contribution >= 4 is 10.9 Å². The number of hydrogen-bond donors (Lipinski definition) is 1. The second-order valence-corrected chi connectivity index (χ2v) is 5.87. The molecule has 0 spiro atoms. The van der Waals surface area contributed by atoms with Crippen molar-refractivity contribution < 1.29 is 0 Å². The average Bonchev–Trinajstić information content (AvgIpc) is 3.06. The van der Waals surface area contributed by atoms with Gasteiger partial charge in [-0.15, -0.1) is 0 Å². The third-order valence-electron chi connectivity index (χ3n) is 4.45. The van der Waals surface area contributed by atoms with Crippen molar-refractivity contribution in [3.63, 3.8) is 0 Å². The van der Waals surface area contributed by atoms with E-state index in [4.69, 9.17) is 5.73 Å². The Kier molecular flexibility index (Phi) is 3.88. The summed E-state index contributed by atoms with van der Waals surface area (Å²) in [6.45, 7) is 1.98. The van der Waals surface area contributed by atoms with Gasteiger partial charge < -0.3 is 10.3 Å². The molecule has 1 fully saturated rings. The summed E-state index contributed by atoms with van der Waals surface area (Å²) in [5.74, 6) is 0.887. The van der Waals surface area contributed by atoms with E-state index >= 15 is 0 Å². The highest BCUT2D eigenvalue weighted by Gasteiger charge is 2.17. The maximum absolute atomic E-state index is 5.65. The van der Waals surface area contributed by atoms with Crippen molar-refractivity contribution in [2.45, 2.75) is 45.1 Å². The van der Waals surface area contributed by atoms with Gasteiger partial charge >= 0.3 is 0 Å². The van der Waals surface area contributed by atoms with Gasteiger partial charge in [-0.3, -0.25) is 0 Å². The van der Waals surface area contributed by atoms with Crippen molar-refractivity contribution in [2.24, 2.45) is 11.7 Å². The molecule has 0 amide bonds. The topological polar surface area (TPSA) is 30.9 Å². The Balaban J connectivity index is 1.89. The van der Waals surface area contributed by atoms with Crippen LogP contribution in [0.15, 0.2) is 30.5 Å². The van der Waals surface area contributed by atoms with Gasteiger partial charge in [0.05, 0.1) is 0 Å². The molecular formula is C17H24N2. The van der Waals surface area contributed by atoms with E-state index in [2.05, 4.69) is 35.0 Å². The molecule has 2 heteroatoms. The molecular weight excluding hydrogens is 232 g/mol. The summed E-state index contributed by atoms with van der Waals surface area (Å²) in [6.07, 6.45) is 10.2. The molecule has 2 aromatic rings. The number of aryl methyl sites for hydroxylation is 1. The third-order valence-corrected chi connectivity index (χ3v) is 4.45. The van der Waals surface area contributed by atoms with Gasteiger partial charge in [-0.1, -0.05) is 31.0 Å². The van der Waals surface area contributed by atoms with Crippen molar-refractivity contribution in [1.82, 2.24) is 4.57 Å². The minimum Gasteiger partial charge on any atom is -0.347 e. The van der Waals surface area contributed by atoms with Crippen LogP contribution in [0.4, 0.5) is 0 Å². The molecule has 0 bridgehead atoms. The van der Waals surface area contributed by atoms with Gasteiger partial charge in [0, 0.05) is 23.6 Å². The van der Waals surface area contributed by atoms with Crippen LogP contribution in [-0.4, -0.2) is 11.1 Å². The summed E-state index contributed by atoms with van der Waals surface area (Å²) >= 11 is 0. The quantitative estimate of drug-likeness (QED) is 0.868. The Bertz CT molecular complexity index is 535. The Morgan fingerprint density at radius 2 is 1.95 bits per heavy atom. The molecule has 1 saturated carbocycles. The van der Waals surface area contributed by atoms with Gasteiger partial charge in [-0.2, -0.15) is 0 Å². The first-order valence-electron chi connectivity index (χ1n) is 7.65. The minimum absolute atomic E-state index is 0.780. The predicted molar refractivity (Wildman–Crippen MR) is 81.3 cm³/mol. The summed E-state index contributed by atoms with van der Waals surface area (Å²) in [7, 11) is 0. The van der Waals surface area contributed by atoms with E-state index in [1.807, 2.05) is 0 Å². The van der Waals surface area contributed by atoms with Crippen molar-refractivity contribution in [3.8, 4) is 0 Å². The van der Waals surface area contributed by atoms with E-state index in [0.29, 0.717) is 0 Å². The fourth-order valence-corrected chi connectivity index (χ4v) is 3.44. The molecule has 102 valence electrons. The smallest absolute Gasteiger partial charge is 0.0483 e. The molecule has 1 aliphatic rings. The lowest BCUT2D eigenvalue weighted by Crippen LogP contribution is -2.06. The highest BCUT2D eigenvalue weighted by Crippen LogP contribution is 2.29. The van der Waals surface area contributed by atoms with Crippen LogP contribution in [0.25, 0.3) is 10.9 Å². The zero-order valence-corrected chi connectivity index (χ0v) is 11.6. The van der Waals surface area contributed by atoms with Crippen LogP contribution in [0.5, 0.6) is 0 Å². The number of para-hydroxylation sites is 1. The van der Waals surface area contributed by atoms with E-state index < -0.39 is 0 Å². The molecule has 1 aromatic heterocycles. The van der Waals surface area contributed by atoms with Gasteiger partial charge in [-0.05, 0) is 49.8 Å². The molecule has 1 aliphatic carbocycles. The first-order chi connectivity index (χ1) is 9.38. The fourth-order valence-electron chi connectivity index (χ4n) is 3.44. The van der Waals surface area contributed by atoms with E-state index in [1.165, 1.54) is 48.7 Å². The van der Waals surface area contributed by atoms with Gasteiger partial charge in [0.25, 0.3) is 0 Å². The van der Waals surface area contributed by atoms with E-state index in [9.17, 15) is 0 Å². The number of nitrogens with zero attached hydrogens (tertiary/aromatic N) is 1. The van der Waals surface area contributed by atoms with Crippen LogP contribution in [-0.2, 0) is 13.0 Å². The van der Waals surface area contributed by atoms with Crippen molar-refractivity contribution in [1.29, 1.82) is 0 Å². The number of benzene rings is 1.